The van der Waals surface area contributed by atoms with Gasteiger partial charge in [0.1, 0.15) is 5.78 Å². The number of unbranched alkanes of at least 4 members (excludes halogenated alkanes) is 6. The van der Waals surface area contributed by atoms with Gasteiger partial charge in [-0.05, 0) is 94.3 Å². The Morgan fingerprint density at radius 1 is 0.576 bits per heavy atom. The Bertz CT molecular complexity index is 582. The molecule has 0 amide bonds. The van der Waals surface area contributed by atoms with Crippen LogP contribution in [-0.2, 0) is 4.79 Å². The highest BCUT2D eigenvalue weighted by Gasteiger charge is 2.63. The van der Waals surface area contributed by atoms with Gasteiger partial charge in [-0.15, -0.1) is 0 Å². The van der Waals surface area contributed by atoms with Crippen molar-refractivity contribution in [2.75, 3.05) is 0 Å². The van der Waals surface area contributed by atoms with E-state index >= 15 is 0 Å². The highest BCUT2D eigenvalue weighted by Crippen LogP contribution is 2.64. The number of ketones is 1. The zero-order valence-electron chi connectivity index (χ0n) is 22.5. The van der Waals surface area contributed by atoms with Crippen molar-refractivity contribution in [1.29, 1.82) is 0 Å². The van der Waals surface area contributed by atoms with Crippen LogP contribution in [0.5, 0.6) is 0 Å². The van der Waals surface area contributed by atoms with Crippen LogP contribution in [0.25, 0.3) is 0 Å². The van der Waals surface area contributed by atoms with Crippen LogP contribution >= 0.6 is 0 Å². The van der Waals surface area contributed by atoms with Crippen LogP contribution < -0.4 is 0 Å². The summed E-state index contributed by atoms with van der Waals surface area (Å²) in [5.74, 6) is 4.63. The van der Waals surface area contributed by atoms with Gasteiger partial charge >= 0.3 is 0 Å². The number of rotatable bonds is 11. The predicted molar refractivity (Wildman–Crippen MR) is 141 cm³/mol. The Balaban J connectivity index is 1.14. The third kappa shape index (κ3) is 6.09. The van der Waals surface area contributed by atoms with E-state index in [1.807, 2.05) is 0 Å². The second kappa shape index (κ2) is 12.1. The van der Waals surface area contributed by atoms with Gasteiger partial charge in [0.25, 0.3) is 0 Å². The van der Waals surface area contributed by atoms with Gasteiger partial charge in [0.2, 0.25) is 0 Å². The van der Waals surface area contributed by atoms with E-state index in [4.69, 9.17) is 0 Å². The monoisotopic (exact) mass is 456 g/mol. The fraction of sp³-hybridized carbons (Fsp3) is 0.969. The quantitative estimate of drug-likeness (QED) is 0.283. The lowest BCUT2D eigenvalue weighted by atomic mass is 9.42. The van der Waals surface area contributed by atoms with Gasteiger partial charge in [0.05, 0.1) is 0 Å². The highest BCUT2D eigenvalue weighted by molar-refractivity contribution is 5.96. The maximum absolute atomic E-state index is 13.6. The zero-order valence-corrected chi connectivity index (χ0v) is 22.5. The molecule has 0 aliphatic heterocycles. The summed E-state index contributed by atoms with van der Waals surface area (Å²) in [7, 11) is 0. The number of hydrogen-bond acceptors (Lipinski definition) is 1. The molecule has 4 fully saturated rings. The summed E-state index contributed by atoms with van der Waals surface area (Å²) in [5, 5.41) is 0. The third-order valence-electron chi connectivity index (χ3n) is 11.2. The molecule has 4 saturated carbocycles. The highest BCUT2D eigenvalue weighted by atomic mass is 16.1. The maximum Gasteiger partial charge on any atom is 0.145 e. The van der Waals surface area contributed by atoms with Crippen LogP contribution in [0.15, 0.2) is 0 Å². The van der Waals surface area contributed by atoms with Crippen LogP contribution in [0, 0.1) is 34.5 Å². The molecular formula is C32H56O. The van der Waals surface area contributed by atoms with E-state index in [0.717, 1.165) is 29.5 Å². The van der Waals surface area contributed by atoms with Gasteiger partial charge in [-0.25, -0.2) is 0 Å². The molecule has 0 saturated heterocycles. The first-order chi connectivity index (χ1) is 16.1. The number of carbonyl (C=O) groups is 1. The summed E-state index contributed by atoms with van der Waals surface area (Å²) in [6, 6.07) is 0. The summed E-state index contributed by atoms with van der Waals surface area (Å²) < 4.78 is 0. The molecule has 4 aliphatic carbocycles. The van der Waals surface area contributed by atoms with Gasteiger partial charge in [-0.1, -0.05) is 90.9 Å². The van der Waals surface area contributed by atoms with Gasteiger partial charge in [0, 0.05) is 10.8 Å². The molecule has 1 nitrogen and oxygen atoms in total. The molecule has 4 rings (SSSR count). The molecule has 33 heavy (non-hydrogen) atoms. The number of carbonyl (C=O) groups excluding carboxylic acids is 1. The van der Waals surface area contributed by atoms with Gasteiger partial charge in [-0.3, -0.25) is 4.79 Å². The lowest BCUT2D eigenvalue weighted by Crippen LogP contribution is -2.59. The molecule has 0 aromatic carbocycles. The molecular weight excluding hydrogens is 400 g/mol. The van der Waals surface area contributed by atoms with Crippen molar-refractivity contribution in [2.24, 2.45) is 34.5 Å². The molecule has 0 heterocycles. The zero-order chi connectivity index (χ0) is 23.2. The first kappa shape index (κ1) is 25.8. The SMILES string of the molecule is CCCCCCCC1CCC(C2CCC3(CC2)CC2(CCC(CCCCC)CC2)C3=O)CC1. The fourth-order valence-electron chi connectivity index (χ4n) is 8.92. The van der Waals surface area contributed by atoms with E-state index in [2.05, 4.69) is 13.8 Å². The van der Waals surface area contributed by atoms with Crippen molar-refractivity contribution < 1.29 is 4.79 Å². The number of Topliss-reactive ketones (excluding diaryl/α,β-unsaturated/α-hetero) is 1. The van der Waals surface area contributed by atoms with Crippen molar-refractivity contribution in [2.45, 2.75) is 162 Å². The largest absolute Gasteiger partial charge is 0.298 e. The Morgan fingerprint density at radius 3 is 1.61 bits per heavy atom. The number of hydrogen-bond donors (Lipinski definition) is 0. The predicted octanol–water partition coefficient (Wildman–Crippen LogP) is 10.1. The molecule has 0 aromatic heterocycles. The minimum Gasteiger partial charge on any atom is -0.298 e. The Kier molecular flexibility index (Phi) is 9.42. The van der Waals surface area contributed by atoms with Gasteiger partial charge in [-0.2, -0.15) is 0 Å². The Labute approximate surface area is 206 Å². The summed E-state index contributed by atoms with van der Waals surface area (Å²) >= 11 is 0. The van der Waals surface area contributed by atoms with Crippen LogP contribution in [-0.4, -0.2) is 5.78 Å². The smallest absolute Gasteiger partial charge is 0.145 e. The first-order valence-corrected chi connectivity index (χ1v) is 15.7. The van der Waals surface area contributed by atoms with Crippen LogP contribution in [0.4, 0.5) is 0 Å². The van der Waals surface area contributed by atoms with Crippen LogP contribution in [0.3, 0.4) is 0 Å². The minimum atomic E-state index is 0.140. The van der Waals surface area contributed by atoms with Crippen molar-refractivity contribution in [1.82, 2.24) is 0 Å². The van der Waals surface area contributed by atoms with Crippen molar-refractivity contribution in [3.05, 3.63) is 0 Å². The van der Waals surface area contributed by atoms with Crippen LogP contribution in [0.2, 0.25) is 0 Å². The molecule has 0 unspecified atom stereocenters. The lowest BCUT2D eigenvalue weighted by Gasteiger charge is -2.59. The Morgan fingerprint density at radius 2 is 1.03 bits per heavy atom. The van der Waals surface area contributed by atoms with E-state index in [9.17, 15) is 4.79 Å². The maximum atomic E-state index is 13.6. The molecule has 2 spiro atoms. The van der Waals surface area contributed by atoms with E-state index in [0.29, 0.717) is 0 Å². The van der Waals surface area contributed by atoms with E-state index in [1.54, 1.807) is 0 Å². The van der Waals surface area contributed by atoms with Crippen LogP contribution in [0.1, 0.15) is 162 Å². The van der Waals surface area contributed by atoms with Gasteiger partial charge < -0.3 is 0 Å². The molecule has 0 N–H and O–H groups in total. The summed E-state index contributed by atoms with van der Waals surface area (Å²) in [6.45, 7) is 4.62. The molecule has 1 heteroatoms. The molecule has 190 valence electrons. The topological polar surface area (TPSA) is 17.1 Å². The minimum absolute atomic E-state index is 0.140. The fourth-order valence-corrected chi connectivity index (χ4v) is 8.92. The first-order valence-electron chi connectivity index (χ1n) is 15.7. The normalized spacial score (nSPS) is 39.2. The van der Waals surface area contributed by atoms with E-state index in [1.165, 1.54) is 148 Å². The summed E-state index contributed by atoms with van der Waals surface area (Å²) in [5.41, 5.74) is 0.282. The molecule has 4 aliphatic rings. The molecule has 0 radical (unpaired) electrons. The van der Waals surface area contributed by atoms with E-state index < -0.39 is 0 Å². The lowest BCUT2D eigenvalue weighted by molar-refractivity contribution is -0.169. The average Bonchev–Trinajstić information content (AvgIpc) is 2.86. The summed E-state index contributed by atoms with van der Waals surface area (Å²) in [6.07, 6.45) is 31.9. The second-order valence-electron chi connectivity index (χ2n) is 13.3. The third-order valence-corrected chi connectivity index (χ3v) is 11.2. The molecule has 0 aromatic rings. The van der Waals surface area contributed by atoms with Crippen molar-refractivity contribution in [3.63, 3.8) is 0 Å². The summed E-state index contributed by atoms with van der Waals surface area (Å²) in [4.78, 5) is 13.6. The second-order valence-corrected chi connectivity index (χ2v) is 13.3. The van der Waals surface area contributed by atoms with E-state index in [-0.39, 0.29) is 10.8 Å². The molecule has 0 bridgehead atoms. The molecule has 0 atom stereocenters. The van der Waals surface area contributed by atoms with Crippen molar-refractivity contribution >= 4 is 5.78 Å². The Hall–Kier alpha value is -0.330. The average molecular weight is 457 g/mol. The van der Waals surface area contributed by atoms with Crippen molar-refractivity contribution in [3.8, 4) is 0 Å². The standard InChI is InChI=1S/C32H56O/c1-3-5-7-8-10-12-26-13-15-28(16-14-26)29-19-23-32(24-20-29)25-31(30(32)33)21-17-27(18-22-31)11-9-6-4-2/h26-29H,3-25H2,1-2H3. The van der Waals surface area contributed by atoms with Gasteiger partial charge in [0.15, 0.2) is 0 Å².